The number of carbonyl (C=O) groups is 2. The number of anilines is 2. The van der Waals surface area contributed by atoms with Crippen molar-refractivity contribution < 1.29 is 18.4 Å². The third kappa shape index (κ3) is 6.05. The Morgan fingerprint density at radius 2 is 1.70 bits per heavy atom. The van der Waals surface area contributed by atoms with Gasteiger partial charge in [-0.25, -0.2) is 14.2 Å². The molecule has 0 aliphatic carbocycles. The van der Waals surface area contributed by atoms with Gasteiger partial charge in [0.2, 0.25) is 0 Å². The van der Waals surface area contributed by atoms with E-state index in [1.54, 1.807) is 61.7 Å². The van der Waals surface area contributed by atoms with Crippen molar-refractivity contribution in [3.05, 3.63) is 99.6 Å². The van der Waals surface area contributed by atoms with Crippen molar-refractivity contribution in [2.24, 2.45) is 0 Å². The van der Waals surface area contributed by atoms with Crippen LogP contribution >= 0.6 is 11.3 Å². The number of furan rings is 1. The summed E-state index contributed by atoms with van der Waals surface area (Å²) < 4.78 is 18.3. The molecule has 168 valence electrons. The number of hydrogen-bond acceptors (Lipinski definition) is 5. The second-order valence-corrected chi connectivity index (χ2v) is 8.33. The molecule has 2 heterocycles. The number of halogens is 1. The van der Waals surface area contributed by atoms with Gasteiger partial charge >= 0.3 is 6.03 Å². The quantitative estimate of drug-likeness (QED) is 0.344. The Hall–Kier alpha value is -3.98. The molecule has 0 aliphatic rings. The molecule has 3 N–H and O–H groups in total. The maximum atomic E-state index is 13.1. The van der Waals surface area contributed by atoms with Crippen molar-refractivity contribution >= 4 is 34.6 Å². The molecule has 0 saturated carbocycles. The van der Waals surface area contributed by atoms with Crippen molar-refractivity contribution in [1.82, 2.24) is 10.3 Å². The van der Waals surface area contributed by atoms with E-state index in [1.807, 2.05) is 0 Å². The Morgan fingerprint density at radius 1 is 1.00 bits per heavy atom. The fourth-order valence-corrected chi connectivity index (χ4v) is 4.09. The van der Waals surface area contributed by atoms with Crippen molar-refractivity contribution in [1.29, 1.82) is 0 Å². The predicted molar refractivity (Wildman–Crippen MR) is 125 cm³/mol. The minimum absolute atomic E-state index is 0.257. The zero-order valence-electron chi connectivity index (χ0n) is 17.7. The smallest absolute Gasteiger partial charge is 0.319 e. The summed E-state index contributed by atoms with van der Waals surface area (Å²) in [5, 5.41) is 9.04. The van der Waals surface area contributed by atoms with Crippen molar-refractivity contribution in [3.63, 3.8) is 0 Å². The van der Waals surface area contributed by atoms with Crippen LogP contribution in [0.25, 0.3) is 0 Å². The van der Waals surface area contributed by atoms with Crippen LogP contribution in [0.3, 0.4) is 0 Å². The lowest BCUT2D eigenvalue weighted by atomic mass is 10.1. The average molecular weight is 465 g/mol. The standard InChI is InChI=1S/C24H21FN4O3S/c1-15-22(33-21(27-15)13-16-4-6-17(25)7-5-16)23(30)28-18-8-10-19(11-9-18)29-24(31)26-14-20-3-2-12-32-20/h2-12H,13-14H2,1H3,(H,28,30)(H2,26,29,31). The SMILES string of the molecule is Cc1nc(Cc2ccc(F)cc2)sc1C(=O)Nc1ccc(NC(=O)NCc2ccco2)cc1. The number of aryl methyl sites for hydroxylation is 1. The van der Waals surface area contributed by atoms with Gasteiger partial charge in [0.15, 0.2) is 0 Å². The molecule has 4 rings (SSSR count). The van der Waals surface area contributed by atoms with Gasteiger partial charge in [-0.1, -0.05) is 12.1 Å². The first-order valence-corrected chi connectivity index (χ1v) is 11.0. The van der Waals surface area contributed by atoms with Crippen LogP contribution in [0.1, 0.15) is 31.7 Å². The molecule has 4 aromatic rings. The van der Waals surface area contributed by atoms with E-state index >= 15 is 0 Å². The second kappa shape index (κ2) is 10.1. The van der Waals surface area contributed by atoms with Crippen LogP contribution < -0.4 is 16.0 Å². The molecule has 33 heavy (non-hydrogen) atoms. The lowest BCUT2D eigenvalue weighted by Crippen LogP contribution is -2.27. The summed E-state index contributed by atoms with van der Waals surface area (Å²) in [5.41, 5.74) is 2.74. The second-order valence-electron chi connectivity index (χ2n) is 7.24. The lowest BCUT2D eigenvalue weighted by molar-refractivity contribution is 0.102. The minimum Gasteiger partial charge on any atom is -0.467 e. The Morgan fingerprint density at radius 3 is 2.36 bits per heavy atom. The number of benzene rings is 2. The molecule has 0 fully saturated rings. The van der Waals surface area contributed by atoms with E-state index in [0.717, 1.165) is 10.6 Å². The summed E-state index contributed by atoms with van der Waals surface area (Å²) in [4.78, 5) is 29.7. The summed E-state index contributed by atoms with van der Waals surface area (Å²) in [6, 6.07) is 16.2. The molecule has 0 saturated heterocycles. The first-order valence-electron chi connectivity index (χ1n) is 10.2. The van der Waals surface area contributed by atoms with Crippen LogP contribution in [0.5, 0.6) is 0 Å². The molecule has 3 amide bonds. The maximum Gasteiger partial charge on any atom is 0.319 e. The van der Waals surface area contributed by atoms with Gasteiger partial charge in [0.05, 0.1) is 23.5 Å². The Labute approximate surface area is 193 Å². The highest BCUT2D eigenvalue weighted by Crippen LogP contribution is 2.23. The normalized spacial score (nSPS) is 10.6. The van der Waals surface area contributed by atoms with Crippen LogP contribution in [0.15, 0.2) is 71.3 Å². The van der Waals surface area contributed by atoms with Gasteiger partial charge < -0.3 is 20.4 Å². The number of aromatic nitrogens is 1. The molecule has 0 bridgehead atoms. The summed E-state index contributed by atoms with van der Waals surface area (Å²) in [5.74, 6) is 0.111. The predicted octanol–water partition coefficient (Wildman–Crippen LogP) is 5.35. The fraction of sp³-hybridized carbons (Fsp3) is 0.125. The number of thiazole rings is 1. The summed E-state index contributed by atoms with van der Waals surface area (Å²) in [6.45, 7) is 2.07. The van der Waals surface area contributed by atoms with Crippen LogP contribution in [-0.4, -0.2) is 16.9 Å². The molecule has 9 heteroatoms. The maximum absolute atomic E-state index is 13.1. The number of amides is 3. The van der Waals surface area contributed by atoms with Crippen LogP contribution in [0.2, 0.25) is 0 Å². The summed E-state index contributed by atoms with van der Waals surface area (Å²) in [7, 11) is 0. The summed E-state index contributed by atoms with van der Waals surface area (Å²) >= 11 is 1.31. The topological polar surface area (TPSA) is 96.3 Å². The van der Waals surface area contributed by atoms with E-state index in [4.69, 9.17) is 4.42 Å². The van der Waals surface area contributed by atoms with E-state index in [1.165, 1.54) is 23.5 Å². The van der Waals surface area contributed by atoms with Gasteiger partial charge in [0.1, 0.15) is 16.5 Å². The summed E-state index contributed by atoms with van der Waals surface area (Å²) in [6.07, 6.45) is 2.07. The van der Waals surface area contributed by atoms with E-state index < -0.39 is 0 Å². The Balaban J connectivity index is 1.32. The van der Waals surface area contributed by atoms with E-state index in [-0.39, 0.29) is 24.3 Å². The van der Waals surface area contributed by atoms with Crippen LogP contribution in [0, 0.1) is 12.7 Å². The molecular formula is C24H21FN4O3S. The molecule has 2 aromatic carbocycles. The van der Waals surface area contributed by atoms with E-state index in [0.29, 0.717) is 34.1 Å². The van der Waals surface area contributed by atoms with Gasteiger partial charge in [0.25, 0.3) is 5.91 Å². The van der Waals surface area contributed by atoms with Crippen LogP contribution in [0.4, 0.5) is 20.6 Å². The average Bonchev–Trinajstić information content (AvgIpc) is 3.45. The number of rotatable bonds is 7. The lowest BCUT2D eigenvalue weighted by Gasteiger charge is -2.08. The molecule has 0 atom stereocenters. The van der Waals surface area contributed by atoms with Crippen molar-refractivity contribution in [2.45, 2.75) is 19.9 Å². The van der Waals surface area contributed by atoms with E-state index in [9.17, 15) is 14.0 Å². The first kappa shape index (κ1) is 22.2. The molecule has 0 spiro atoms. The van der Waals surface area contributed by atoms with Gasteiger partial charge in [-0.2, -0.15) is 0 Å². The fourth-order valence-electron chi connectivity index (χ4n) is 3.10. The molecule has 0 unspecified atom stereocenters. The zero-order valence-corrected chi connectivity index (χ0v) is 18.5. The monoisotopic (exact) mass is 464 g/mol. The first-order chi connectivity index (χ1) is 16.0. The molecule has 0 radical (unpaired) electrons. The van der Waals surface area contributed by atoms with Gasteiger partial charge in [0, 0.05) is 17.8 Å². The molecule has 0 aliphatic heterocycles. The number of urea groups is 1. The van der Waals surface area contributed by atoms with Gasteiger partial charge in [-0.15, -0.1) is 11.3 Å². The highest BCUT2D eigenvalue weighted by atomic mass is 32.1. The molecular weight excluding hydrogens is 443 g/mol. The number of hydrogen-bond donors (Lipinski definition) is 3. The highest BCUT2D eigenvalue weighted by Gasteiger charge is 2.16. The van der Waals surface area contributed by atoms with Gasteiger partial charge in [-0.3, -0.25) is 4.79 Å². The van der Waals surface area contributed by atoms with Crippen molar-refractivity contribution in [3.8, 4) is 0 Å². The molecule has 2 aromatic heterocycles. The third-order valence-electron chi connectivity index (χ3n) is 4.72. The van der Waals surface area contributed by atoms with Crippen molar-refractivity contribution in [2.75, 3.05) is 10.6 Å². The van der Waals surface area contributed by atoms with E-state index in [2.05, 4.69) is 20.9 Å². The largest absolute Gasteiger partial charge is 0.467 e. The van der Waals surface area contributed by atoms with Crippen LogP contribution in [-0.2, 0) is 13.0 Å². The van der Waals surface area contributed by atoms with Gasteiger partial charge in [-0.05, 0) is 61.0 Å². The number of carbonyl (C=O) groups excluding carboxylic acids is 2. The Bertz CT molecular complexity index is 1240. The Kier molecular flexibility index (Phi) is 6.80. The number of nitrogens with one attached hydrogen (secondary N) is 3. The zero-order chi connectivity index (χ0) is 23.2. The minimum atomic E-state index is -0.364. The third-order valence-corrected chi connectivity index (χ3v) is 5.88. The highest BCUT2D eigenvalue weighted by molar-refractivity contribution is 7.14. The number of nitrogens with zero attached hydrogens (tertiary/aromatic N) is 1. The molecule has 7 nitrogen and oxygen atoms in total.